The van der Waals surface area contributed by atoms with Gasteiger partial charge in [0.1, 0.15) is 6.54 Å². The first kappa shape index (κ1) is 12.8. The highest BCUT2D eigenvalue weighted by Crippen LogP contribution is 2.14. The van der Waals surface area contributed by atoms with Crippen LogP contribution in [-0.4, -0.2) is 78.6 Å². The summed E-state index contributed by atoms with van der Waals surface area (Å²) in [7, 11) is 5.48. The zero-order valence-corrected chi connectivity index (χ0v) is 10.0. The SMILES string of the molecule is CN(CC(=O)O)C(=O)N1CCC(N(C)C)C1. The van der Waals surface area contributed by atoms with E-state index in [9.17, 15) is 9.59 Å². The summed E-state index contributed by atoms with van der Waals surface area (Å²) >= 11 is 0. The van der Waals surface area contributed by atoms with Crippen LogP contribution in [0.1, 0.15) is 6.42 Å². The standard InChI is InChI=1S/C10H19N3O3/c1-11(2)8-4-5-13(6-8)10(16)12(3)7-9(14)15/h8H,4-7H2,1-3H3,(H,14,15). The molecule has 16 heavy (non-hydrogen) atoms. The molecule has 0 aromatic rings. The van der Waals surface area contributed by atoms with E-state index >= 15 is 0 Å². The van der Waals surface area contributed by atoms with Gasteiger partial charge in [-0.15, -0.1) is 0 Å². The van der Waals surface area contributed by atoms with E-state index in [-0.39, 0.29) is 12.6 Å². The molecule has 1 heterocycles. The number of rotatable bonds is 3. The summed E-state index contributed by atoms with van der Waals surface area (Å²) in [5.41, 5.74) is 0. The highest BCUT2D eigenvalue weighted by Gasteiger charge is 2.29. The fraction of sp³-hybridized carbons (Fsp3) is 0.800. The number of hydrogen-bond donors (Lipinski definition) is 1. The van der Waals surface area contributed by atoms with Crippen LogP contribution in [0.2, 0.25) is 0 Å². The number of likely N-dealkylation sites (N-methyl/N-ethyl adjacent to an activating group) is 2. The van der Waals surface area contributed by atoms with Crippen molar-refractivity contribution in [2.24, 2.45) is 0 Å². The van der Waals surface area contributed by atoms with Crippen LogP contribution in [0, 0.1) is 0 Å². The van der Waals surface area contributed by atoms with Crippen molar-refractivity contribution in [1.82, 2.24) is 14.7 Å². The van der Waals surface area contributed by atoms with Crippen molar-refractivity contribution in [2.45, 2.75) is 12.5 Å². The fourth-order valence-electron chi connectivity index (χ4n) is 1.85. The predicted molar refractivity (Wildman–Crippen MR) is 59.3 cm³/mol. The molecular weight excluding hydrogens is 210 g/mol. The lowest BCUT2D eigenvalue weighted by Crippen LogP contribution is -2.43. The zero-order valence-electron chi connectivity index (χ0n) is 10.0. The van der Waals surface area contributed by atoms with E-state index in [2.05, 4.69) is 4.90 Å². The van der Waals surface area contributed by atoms with Crippen molar-refractivity contribution in [2.75, 3.05) is 40.8 Å². The maximum Gasteiger partial charge on any atom is 0.323 e. The number of carboxylic acid groups (broad SMARTS) is 1. The summed E-state index contributed by atoms with van der Waals surface area (Å²) in [6.45, 7) is 1.13. The third kappa shape index (κ3) is 3.10. The minimum atomic E-state index is -0.987. The van der Waals surface area contributed by atoms with Crippen LogP contribution in [0.3, 0.4) is 0 Å². The Hall–Kier alpha value is -1.30. The number of carbonyl (C=O) groups is 2. The lowest BCUT2D eigenvalue weighted by atomic mass is 10.2. The Morgan fingerprint density at radius 2 is 2.00 bits per heavy atom. The normalized spacial score (nSPS) is 20.2. The third-order valence-electron chi connectivity index (χ3n) is 2.86. The molecule has 92 valence electrons. The average molecular weight is 229 g/mol. The number of aliphatic carboxylic acids is 1. The van der Waals surface area contributed by atoms with Gasteiger partial charge in [0.25, 0.3) is 0 Å². The Kier molecular flexibility index (Phi) is 4.12. The van der Waals surface area contributed by atoms with Gasteiger partial charge in [-0.2, -0.15) is 0 Å². The van der Waals surface area contributed by atoms with Crippen LogP contribution in [0.25, 0.3) is 0 Å². The summed E-state index contributed by atoms with van der Waals surface area (Å²) in [5, 5.41) is 8.60. The van der Waals surface area contributed by atoms with E-state index in [0.29, 0.717) is 19.1 Å². The predicted octanol–water partition coefficient (Wildman–Crippen LogP) is -0.241. The van der Waals surface area contributed by atoms with E-state index in [4.69, 9.17) is 5.11 Å². The molecule has 0 spiro atoms. The molecule has 1 fully saturated rings. The second-order valence-electron chi connectivity index (χ2n) is 4.38. The van der Waals surface area contributed by atoms with Gasteiger partial charge in [-0.1, -0.05) is 0 Å². The molecule has 1 saturated heterocycles. The highest BCUT2D eigenvalue weighted by atomic mass is 16.4. The maximum atomic E-state index is 11.8. The lowest BCUT2D eigenvalue weighted by Gasteiger charge is -2.24. The average Bonchev–Trinajstić information content (AvgIpc) is 2.64. The van der Waals surface area contributed by atoms with Crippen molar-refractivity contribution in [1.29, 1.82) is 0 Å². The van der Waals surface area contributed by atoms with Gasteiger partial charge >= 0.3 is 12.0 Å². The van der Waals surface area contributed by atoms with E-state index in [1.807, 2.05) is 14.1 Å². The van der Waals surface area contributed by atoms with Crippen LogP contribution in [0.4, 0.5) is 4.79 Å². The fourth-order valence-corrected chi connectivity index (χ4v) is 1.85. The highest BCUT2D eigenvalue weighted by molar-refractivity contribution is 5.80. The summed E-state index contributed by atoms with van der Waals surface area (Å²) in [6.07, 6.45) is 0.944. The summed E-state index contributed by atoms with van der Waals surface area (Å²) in [5.74, 6) is -0.987. The number of carbonyl (C=O) groups excluding carboxylic acids is 1. The van der Waals surface area contributed by atoms with Crippen molar-refractivity contribution in [3.63, 3.8) is 0 Å². The zero-order chi connectivity index (χ0) is 12.3. The van der Waals surface area contributed by atoms with E-state index in [0.717, 1.165) is 6.42 Å². The van der Waals surface area contributed by atoms with Crippen molar-refractivity contribution in [3.8, 4) is 0 Å². The van der Waals surface area contributed by atoms with Crippen molar-refractivity contribution in [3.05, 3.63) is 0 Å². The number of amides is 2. The number of carboxylic acids is 1. The Labute approximate surface area is 95.4 Å². The lowest BCUT2D eigenvalue weighted by molar-refractivity contribution is -0.137. The first-order valence-electron chi connectivity index (χ1n) is 5.30. The molecule has 0 radical (unpaired) electrons. The van der Waals surface area contributed by atoms with E-state index < -0.39 is 5.97 Å². The first-order valence-corrected chi connectivity index (χ1v) is 5.30. The molecule has 6 heteroatoms. The van der Waals surface area contributed by atoms with Crippen molar-refractivity contribution < 1.29 is 14.7 Å². The van der Waals surface area contributed by atoms with Gasteiger partial charge in [0.2, 0.25) is 0 Å². The van der Waals surface area contributed by atoms with E-state index in [1.54, 1.807) is 4.90 Å². The molecule has 1 atom stereocenters. The van der Waals surface area contributed by atoms with Gasteiger partial charge < -0.3 is 19.8 Å². The summed E-state index contributed by atoms with van der Waals surface area (Å²) in [6, 6.07) is 0.175. The molecule has 0 aromatic carbocycles. The van der Waals surface area contributed by atoms with Crippen LogP contribution in [0.15, 0.2) is 0 Å². The van der Waals surface area contributed by atoms with Gasteiger partial charge in [-0.05, 0) is 20.5 Å². The minimum absolute atomic E-state index is 0.202. The largest absolute Gasteiger partial charge is 0.480 e. The smallest absolute Gasteiger partial charge is 0.323 e. The van der Waals surface area contributed by atoms with Gasteiger partial charge in [-0.3, -0.25) is 4.79 Å². The number of hydrogen-bond acceptors (Lipinski definition) is 3. The Morgan fingerprint density at radius 3 is 2.44 bits per heavy atom. The van der Waals surface area contributed by atoms with Crippen LogP contribution < -0.4 is 0 Å². The number of nitrogens with zero attached hydrogens (tertiary/aromatic N) is 3. The van der Waals surface area contributed by atoms with Crippen LogP contribution in [-0.2, 0) is 4.79 Å². The second-order valence-corrected chi connectivity index (χ2v) is 4.38. The molecule has 0 bridgehead atoms. The second kappa shape index (κ2) is 5.16. The molecule has 6 nitrogen and oxygen atoms in total. The van der Waals surface area contributed by atoms with Gasteiger partial charge in [0.15, 0.2) is 0 Å². The van der Waals surface area contributed by atoms with Crippen LogP contribution >= 0.6 is 0 Å². The Balaban J connectivity index is 2.47. The number of urea groups is 1. The van der Waals surface area contributed by atoms with Crippen molar-refractivity contribution >= 4 is 12.0 Å². The summed E-state index contributed by atoms with van der Waals surface area (Å²) < 4.78 is 0. The molecule has 1 aliphatic rings. The monoisotopic (exact) mass is 229 g/mol. The number of likely N-dealkylation sites (tertiary alicyclic amines) is 1. The quantitative estimate of drug-likeness (QED) is 0.725. The topological polar surface area (TPSA) is 64.1 Å². The van der Waals surface area contributed by atoms with E-state index in [1.165, 1.54) is 11.9 Å². The Bertz CT molecular complexity index is 280. The first-order chi connectivity index (χ1) is 7.41. The molecular formula is C10H19N3O3. The Morgan fingerprint density at radius 1 is 1.38 bits per heavy atom. The maximum absolute atomic E-state index is 11.8. The molecule has 2 amide bonds. The minimum Gasteiger partial charge on any atom is -0.480 e. The molecule has 1 N–H and O–H groups in total. The molecule has 0 saturated carbocycles. The molecule has 1 aliphatic heterocycles. The van der Waals surface area contributed by atoms with Crippen LogP contribution in [0.5, 0.6) is 0 Å². The molecule has 0 aliphatic carbocycles. The molecule has 1 unspecified atom stereocenters. The van der Waals surface area contributed by atoms with Gasteiger partial charge in [0.05, 0.1) is 0 Å². The molecule has 0 aromatic heterocycles. The summed E-state index contributed by atoms with van der Waals surface area (Å²) in [4.78, 5) is 27.3. The third-order valence-corrected chi connectivity index (χ3v) is 2.86. The molecule has 1 rings (SSSR count). The van der Waals surface area contributed by atoms with Gasteiger partial charge in [0, 0.05) is 26.2 Å². The van der Waals surface area contributed by atoms with Gasteiger partial charge in [-0.25, -0.2) is 4.79 Å².